The van der Waals surface area contributed by atoms with Crippen molar-refractivity contribution in [1.82, 2.24) is 20.3 Å². The molecule has 6 heteroatoms. The molecule has 20 heavy (non-hydrogen) atoms. The van der Waals surface area contributed by atoms with E-state index in [4.69, 9.17) is 0 Å². The maximum Gasteiger partial charge on any atom is 0.273 e. The molecule has 1 heterocycles. The normalized spacial score (nSPS) is 25.9. The van der Waals surface area contributed by atoms with E-state index >= 15 is 0 Å². The molecule has 1 aromatic heterocycles. The molecule has 1 amide bonds. The molecule has 0 saturated heterocycles. The molecule has 108 valence electrons. The van der Waals surface area contributed by atoms with Gasteiger partial charge in [0.25, 0.3) is 5.91 Å². The van der Waals surface area contributed by atoms with Crippen LogP contribution >= 0.6 is 0 Å². The first-order valence-electron chi connectivity index (χ1n) is 7.54. The number of rotatable bonds is 5. The molecule has 0 aromatic carbocycles. The van der Waals surface area contributed by atoms with Crippen LogP contribution in [0.4, 0.5) is 0 Å². The van der Waals surface area contributed by atoms with E-state index in [0.29, 0.717) is 18.3 Å². The highest BCUT2D eigenvalue weighted by Gasteiger charge is 2.60. The van der Waals surface area contributed by atoms with Gasteiger partial charge >= 0.3 is 0 Å². The molecule has 6 nitrogen and oxygen atoms in total. The number of aromatic nitrogens is 3. The van der Waals surface area contributed by atoms with E-state index in [1.807, 2.05) is 0 Å². The Bertz CT molecular complexity index is 541. The quantitative estimate of drug-likeness (QED) is 0.842. The predicted octanol–water partition coefficient (Wildman–Crippen LogP) is 1.04. The number of hydrogen-bond acceptors (Lipinski definition) is 4. The molecule has 0 spiro atoms. The fraction of sp³-hybridized carbons (Fsp3) is 0.786. The number of carbonyl (C=O) groups is 1. The molecule has 3 fully saturated rings. The Hall–Kier alpha value is -1.43. The summed E-state index contributed by atoms with van der Waals surface area (Å²) < 4.78 is 1.78. The molecule has 0 unspecified atom stereocenters. The van der Waals surface area contributed by atoms with Gasteiger partial charge in [-0.2, -0.15) is 0 Å². The van der Waals surface area contributed by atoms with Crippen LogP contribution in [0.5, 0.6) is 0 Å². The molecular weight excluding hydrogens is 256 g/mol. The molecule has 3 aliphatic carbocycles. The van der Waals surface area contributed by atoms with Crippen LogP contribution in [0.25, 0.3) is 0 Å². The summed E-state index contributed by atoms with van der Waals surface area (Å²) in [5, 5.41) is 21.3. The van der Waals surface area contributed by atoms with Crippen molar-refractivity contribution in [3.63, 3.8) is 0 Å². The van der Waals surface area contributed by atoms with Crippen LogP contribution in [0.15, 0.2) is 6.20 Å². The number of nitrogens with one attached hydrogen (secondary N) is 1. The number of aliphatic hydroxyl groups is 1. The number of amides is 1. The zero-order chi connectivity index (χ0) is 13.8. The highest BCUT2D eigenvalue weighted by Crippen LogP contribution is 2.60. The third kappa shape index (κ3) is 1.85. The fourth-order valence-corrected chi connectivity index (χ4v) is 3.24. The summed E-state index contributed by atoms with van der Waals surface area (Å²) in [5.74, 6) is -0.175. The Kier molecular flexibility index (Phi) is 2.49. The largest absolute Gasteiger partial charge is 0.389 e. The lowest BCUT2D eigenvalue weighted by Gasteiger charge is -2.44. The van der Waals surface area contributed by atoms with E-state index in [2.05, 4.69) is 15.6 Å². The number of carbonyl (C=O) groups excluding carboxylic acids is 1. The minimum absolute atomic E-state index is 0.0760. The van der Waals surface area contributed by atoms with Gasteiger partial charge < -0.3 is 10.4 Å². The van der Waals surface area contributed by atoms with Crippen LogP contribution < -0.4 is 5.32 Å². The van der Waals surface area contributed by atoms with E-state index in [1.54, 1.807) is 10.9 Å². The zero-order valence-electron chi connectivity index (χ0n) is 11.5. The van der Waals surface area contributed by atoms with Crippen LogP contribution in [-0.2, 0) is 0 Å². The molecular formula is C14H20N4O2. The second-order valence-corrected chi connectivity index (χ2v) is 6.66. The molecule has 4 rings (SSSR count). The van der Waals surface area contributed by atoms with Gasteiger partial charge in [0, 0.05) is 12.0 Å². The molecule has 0 aliphatic heterocycles. The standard InChI is InChI=1S/C14H20N4O2/c19-12(11-8-18(17-16-11)10-2-3-10)15-9-13(6-7-13)14(20)4-1-5-14/h8,10,20H,1-7,9H2,(H,15,19). The van der Waals surface area contributed by atoms with E-state index in [1.165, 1.54) is 0 Å². The van der Waals surface area contributed by atoms with Crippen LogP contribution in [0.1, 0.15) is 61.5 Å². The summed E-state index contributed by atoms with van der Waals surface area (Å²) in [6.45, 7) is 0.554. The Balaban J connectivity index is 1.37. The van der Waals surface area contributed by atoms with Crippen molar-refractivity contribution < 1.29 is 9.90 Å². The Labute approximate surface area is 117 Å². The molecule has 1 aromatic rings. The van der Waals surface area contributed by atoms with E-state index in [9.17, 15) is 9.90 Å². The highest BCUT2D eigenvalue weighted by molar-refractivity contribution is 5.91. The summed E-state index contributed by atoms with van der Waals surface area (Å²) in [6, 6.07) is 0.439. The van der Waals surface area contributed by atoms with E-state index in [-0.39, 0.29) is 11.3 Å². The topological polar surface area (TPSA) is 80.0 Å². The van der Waals surface area contributed by atoms with Gasteiger partial charge in [0.15, 0.2) is 5.69 Å². The second-order valence-electron chi connectivity index (χ2n) is 6.66. The second kappa shape index (κ2) is 4.04. The summed E-state index contributed by atoms with van der Waals surface area (Å²) in [4.78, 5) is 12.1. The van der Waals surface area contributed by atoms with Crippen molar-refractivity contribution in [2.24, 2.45) is 5.41 Å². The first-order valence-corrected chi connectivity index (χ1v) is 7.54. The van der Waals surface area contributed by atoms with Gasteiger partial charge in [0.05, 0.1) is 17.8 Å². The lowest BCUT2D eigenvalue weighted by molar-refractivity contribution is -0.0948. The maximum atomic E-state index is 12.1. The van der Waals surface area contributed by atoms with E-state index in [0.717, 1.165) is 44.9 Å². The minimum Gasteiger partial charge on any atom is -0.389 e. The fourth-order valence-electron chi connectivity index (χ4n) is 3.24. The summed E-state index contributed by atoms with van der Waals surface area (Å²) in [6.07, 6.45) is 8.85. The third-order valence-electron chi connectivity index (χ3n) is 5.27. The van der Waals surface area contributed by atoms with Crippen molar-refractivity contribution in [2.75, 3.05) is 6.54 Å². The summed E-state index contributed by atoms with van der Waals surface area (Å²) in [5.41, 5.74) is -0.229. The van der Waals surface area contributed by atoms with Crippen LogP contribution in [0.3, 0.4) is 0 Å². The number of hydrogen-bond donors (Lipinski definition) is 2. The van der Waals surface area contributed by atoms with Crippen molar-refractivity contribution in [1.29, 1.82) is 0 Å². The van der Waals surface area contributed by atoms with Gasteiger partial charge in [0.1, 0.15) is 0 Å². The predicted molar refractivity (Wildman–Crippen MR) is 71.1 cm³/mol. The van der Waals surface area contributed by atoms with Gasteiger partial charge in [-0.25, -0.2) is 4.68 Å². The van der Waals surface area contributed by atoms with Crippen molar-refractivity contribution in [3.8, 4) is 0 Å². The molecule has 0 radical (unpaired) electrons. The average Bonchev–Trinajstić information content (AvgIpc) is 3.33. The molecule has 3 aliphatic rings. The minimum atomic E-state index is -0.536. The van der Waals surface area contributed by atoms with Crippen LogP contribution in [0.2, 0.25) is 0 Å². The van der Waals surface area contributed by atoms with Gasteiger partial charge in [-0.1, -0.05) is 5.21 Å². The molecule has 3 saturated carbocycles. The summed E-state index contributed by atoms with van der Waals surface area (Å²) in [7, 11) is 0. The molecule has 2 N–H and O–H groups in total. The number of nitrogens with zero attached hydrogens (tertiary/aromatic N) is 3. The average molecular weight is 276 g/mol. The van der Waals surface area contributed by atoms with Crippen molar-refractivity contribution in [2.45, 2.75) is 56.6 Å². The molecule has 0 bridgehead atoms. The zero-order valence-corrected chi connectivity index (χ0v) is 11.5. The van der Waals surface area contributed by atoms with Crippen molar-refractivity contribution in [3.05, 3.63) is 11.9 Å². The monoisotopic (exact) mass is 276 g/mol. The lowest BCUT2D eigenvalue weighted by Crippen LogP contribution is -2.50. The first kappa shape index (κ1) is 12.3. The van der Waals surface area contributed by atoms with Crippen molar-refractivity contribution >= 4 is 5.91 Å². The SMILES string of the molecule is O=C(NCC1(C2(O)CCC2)CC1)c1cn(C2CC2)nn1. The van der Waals surface area contributed by atoms with Gasteiger partial charge in [0.2, 0.25) is 0 Å². The lowest BCUT2D eigenvalue weighted by atomic mass is 9.69. The van der Waals surface area contributed by atoms with Gasteiger partial charge in [-0.3, -0.25) is 4.79 Å². The third-order valence-corrected chi connectivity index (χ3v) is 5.27. The summed E-state index contributed by atoms with van der Waals surface area (Å²) >= 11 is 0. The Morgan fingerprint density at radius 3 is 2.70 bits per heavy atom. The van der Waals surface area contributed by atoms with E-state index < -0.39 is 5.60 Å². The maximum absolute atomic E-state index is 12.1. The molecule has 0 atom stereocenters. The smallest absolute Gasteiger partial charge is 0.273 e. The highest BCUT2D eigenvalue weighted by atomic mass is 16.3. The van der Waals surface area contributed by atoms with Gasteiger partial charge in [-0.15, -0.1) is 5.10 Å². The van der Waals surface area contributed by atoms with Crippen LogP contribution in [-0.4, -0.2) is 38.2 Å². The first-order chi connectivity index (χ1) is 9.62. The van der Waals surface area contributed by atoms with Gasteiger partial charge in [-0.05, 0) is 44.9 Å². The Morgan fingerprint density at radius 2 is 2.15 bits per heavy atom. The Morgan fingerprint density at radius 1 is 1.40 bits per heavy atom. The van der Waals surface area contributed by atoms with Crippen LogP contribution in [0, 0.1) is 5.41 Å².